The van der Waals surface area contributed by atoms with Crippen molar-refractivity contribution >= 4 is 17.5 Å². The molecule has 0 saturated carbocycles. The predicted molar refractivity (Wildman–Crippen MR) is 107 cm³/mol. The lowest BCUT2D eigenvalue weighted by Gasteiger charge is -2.13. The van der Waals surface area contributed by atoms with Gasteiger partial charge in [-0.25, -0.2) is 0 Å². The van der Waals surface area contributed by atoms with Gasteiger partial charge in [0.1, 0.15) is 0 Å². The summed E-state index contributed by atoms with van der Waals surface area (Å²) in [5.41, 5.74) is 9.09. The molecule has 0 bridgehead atoms. The Bertz CT molecular complexity index is 895. The highest BCUT2D eigenvalue weighted by molar-refractivity contribution is 5.96. The molecule has 2 amide bonds. The van der Waals surface area contributed by atoms with E-state index in [1.165, 1.54) is 0 Å². The third kappa shape index (κ3) is 5.33. The Balaban J connectivity index is 1.88. The molecule has 2 N–H and O–H groups in total. The number of aromatic nitrogens is 2. The Kier molecular flexibility index (Phi) is 7.15. The molecule has 0 aliphatic carbocycles. The molecule has 0 saturated heterocycles. The Morgan fingerprint density at radius 3 is 2.68 bits per heavy atom. The number of nitriles is 1. The standard InChI is InChI=1S/C20H26N6O2/c1-14-18(15(2)26(24-14)12-6-11-21)9-10-19(27)22-23-20(28)16-7-5-8-17(13-16)25(3)4/h5,7-8,13H,6,9-10,12H2,1-4H3,(H,22,27)(H,23,28). The second kappa shape index (κ2) is 9.55. The van der Waals surface area contributed by atoms with Gasteiger partial charge in [-0.15, -0.1) is 0 Å². The number of benzene rings is 1. The van der Waals surface area contributed by atoms with Crippen LogP contribution < -0.4 is 15.8 Å². The monoisotopic (exact) mass is 382 g/mol. The van der Waals surface area contributed by atoms with Gasteiger partial charge < -0.3 is 4.90 Å². The quantitative estimate of drug-likeness (QED) is 0.712. The highest BCUT2D eigenvalue weighted by Gasteiger charge is 2.14. The van der Waals surface area contributed by atoms with Crippen molar-refractivity contribution in [2.75, 3.05) is 19.0 Å². The van der Waals surface area contributed by atoms with Crippen LogP contribution in [0, 0.1) is 25.2 Å². The van der Waals surface area contributed by atoms with Crippen molar-refractivity contribution in [3.63, 3.8) is 0 Å². The topological polar surface area (TPSA) is 103 Å². The number of amides is 2. The number of carbonyl (C=O) groups excluding carboxylic acids is 2. The predicted octanol–water partition coefficient (Wildman–Crippen LogP) is 1.87. The molecule has 1 heterocycles. The number of carbonyl (C=O) groups is 2. The molecule has 8 nitrogen and oxygen atoms in total. The third-order valence-electron chi connectivity index (χ3n) is 4.51. The highest BCUT2D eigenvalue weighted by atomic mass is 16.2. The summed E-state index contributed by atoms with van der Waals surface area (Å²) >= 11 is 0. The SMILES string of the molecule is Cc1nn(CCC#N)c(C)c1CCC(=O)NNC(=O)c1cccc(N(C)C)c1. The van der Waals surface area contributed by atoms with Crippen molar-refractivity contribution in [3.8, 4) is 6.07 Å². The van der Waals surface area contributed by atoms with Gasteiger partial charge in [-0.05, 0) is 44.0 Å². The highest BCUT2D eigenvalue weighted by Crippen LogP contribution is 2.16. The van der Waals surface area contributed by atoms with E-state index in [1.807, 2.05) is 38.9 Å². The van der Waals surface area contributed by atoms with E-state index in [0.29, 0.717) is 24.9 Å². The summed E-state index contributed by atoms with van der Waals surface area (Å²) in [6.45, 7) is 4.37. The minimum atomic E-state index is -0.367. The van der Waals surface area contributed by atoms with Gasteiger partial charge in [-0.2, -0.15) is 10.4 Å². The Morgan fingerprint density at radius 2 is 2.00 bits per heavy atom. The minimum Gasteiger partial charge on any atom is -0.378 e. The van der Waals surface area contributed by atoms with Gasteiger partial charge in [0.2, 0.25) is 5.91 Å². The first-order valence-electron chi connectivity index (χ1n) is 9.10. The first-order valence-corrected chi connectivity index (χ1v) is 9.10. The molecule has 0 aliphatic rings. The maximum Gasteiger partial charge on any atom is 0.269 e. The summed E-state index contributed by atoms with van der Waals surface area (Å²) in [7, 11) is 3.79. The van der Waals surface area contributed by atoms with Crippen LogP contribution in [0.3, 0.4) is 0 Å². The van der Waals surface area contributed by atoms with Crippen molar-refractivity contribution in [1.82, 2.24) is 20.6 Å². The maximum absolute atomic E-state index is 12.2. The minimum absolute atomic E-state index is 0.226. The molecule has 1 aromatic carbocycles. The summed E-state index contributed by atoms with van der Waals surface area (Å²) in [5, 5.41) is 13.1. The number of hydrazine groups is 1. The number of hydrogen-bond acceptors (Lipinski definition) is 5. The number of nitrogens with one attached hydrogen (secondary N) is 2. The smallest absolute Gasteiger partial charge is 0.269 e. The van der Waals surface area contributed by atoms with Gasteiger partial charge in [-0.3, -0.25) is 25.1 Å². The van der Waals surface area contributed by atoms with Gasteiger partial charge in [-0.1, -0.05) is 6.07 Å². The van der Waals surface area contributed by atoms with E-state index in [2.05, 4.69) is 22.0 Å². The summed E-state index contributed by atoms with van der Waals surface area (Å²) in [4.78, 5) is 26.3. The summed E-state index contributed by atoms with van der Waals surface area (Å²) in [5.74, 6) is -0.644. The van der Waals surface area contributed by atoms with Gasteiger partial charge in [0.25, 0.3) is 5.91 Å². The largest absolute Gasteiger partial charge is 0.378 e. The number of anilines is 1. The van der Waals surface area contributed by atoms with E-state index >= 15 is 0 Å². The van der Waals surface area contributed by atoms with Crippen LogP contribution in [-0.4, -0.2) is 35.7 Å². The first-order chi connectivity index (χ1) is 13.3. The molecule has 0 unspecified atom stereocenters. The van der Waals surface area contributed by atoms with Crippen molar-refractivity contribution in [2.24, 2.45) is 0 Å². The molecule has 0 radical (unpaired) electrons. The molecule has 0 spiro atoms. The third-order valence-corrected chi connectivity index (χ3v) is 4.51. The normalized spacial score (nSPS) is 10.2. The second-order valence-corrected chi connectivity index (χ2v) is 6.73. The number of rotatable bonds is 7. The van der Waals surface area contributed by atoms with Crippen molar-refractivity contribution < 1.29 is 9.59 Å². The molecule has 2 aromatic rings. The molecule has 0 atom stereocenters. The lowest BCUT2D eigenvalue weighted by Crippen LogP contribution is -2.41. The molecule has 148 valence electrons. The molecule has 0 fully saturated rings. The molecule has 28 heavy (non-hydrogen) atoms. The Morgan fingerprint density at radius 1 is 1.25 bits per heavy atom. The zero-order valence-corrected chi connectivity index (χ0v) is 16.7. The molecule has 0 aliphatic heterocycles. The van der Waals surface area contributed by atoms with Gasteiger partial charge in [0.15, 0.2) is 0 Å². The molecular weight excluding hydrogens is 356 g/mol. The van der Waals surface area contributed by atoms with Crippen molar-refractivity contribution in [1.29, 1.82) is 5.26 Å². The van der Waals surface area contributed by atoms with E-state index in [1.54, 1.807) is 22.9 Å². The van der Waals surface area contributed by atoms with Crippen molar-refractivity contribution in [2.45, 2.75) is 39.7 Å². The van der Waals surface area contributed by atoms with Crippen LogP contribution in [0.5, 0.6) is 0 Å². The molecule has 2 rings (SSSR count). The second-order valence-electron chi connectivity index (χ2n) is 6.73. The van der Waals surface area contributed by atoms with Crippen LogP contribution >= 0.6 is 0 Å². The Hall–Kier alpha value is -3.34. The van der Waals surface area contributed by atoms with Crippen LogP contribution in [0.4, 0.5) is 5.69 Å². The average Bonchev–Trinajstić information content (AvgIpc) is 2.95. The lowest BCUT2D eigenvalue weighted by molar-refractivity contribution is -0.121. The van der Waals surface area contributed by atoms with Crippen LogP contribution in [0.25, 0.3) is 0 Å². The fourth-order valence-corrected chi connectivity index (χ4v) is 2.89. The summed E-state index contributed by atoms with van der Waals surface area (Å²) < 4.78 is 1.80. The maximum atomic E-state index is 12.2. The van der Waals surface area contributed by atoms with Gasteiger partial charge in [0.05, 0.1) is 24.7 Å². The van der Waals surface area contributed by atoms with Crippen LogP contribution in [0.2, 0.25) is 0 Å². The molecule has 1 aromatic heterocycles. The number of nitrogens with zero attached hydrogens (tertiary/aromatic N) is 4. The van der Waals surface area contributed by atoms with Crippen LogP contribution in [-0.2, 0) is 17.8 Å². The molecular formula is C20H26N6O2. The lowest BCUT2D eigenvalue weighted by atomic mass is 10.1. The molecule has 8 heteroatoms. The fourth-order valence-electron chi connectivity index (χ4n) is 2.89. The number of aryl methyl sites for hydroxylation is 2. The fraction of sp³-hybridized carbons (Fsp3) is 0.400. The van der Waals surface area contributed by atoms with E-state index in [-0.39, 0.29) is 18.2 Å². The zero-order valence-electron chi connectivity index (χ0n) is 16.7. The van der Waals surface area contributed by atoms with E-state index < -0.39 is 0 Å². The average molecular weight is 382 g/mol. The Labute approximate surface area is 165 Å². The zero-order chi connectivity index (χ0) is 20.7. The van der Waals surface area contributed by atoms with Gasteiger partial charge >= 0.3 is 0 Å². The summed E-state index contributed by atoms with van der Waals surface area (Å²) in [6.07, 6.45) is 1.13. The summed E-state index contributed by atoms with van der Waals surface area (Å²) in [6, 6.07) is 9.24. The first kappa shape index (κ1) is 21.0. The van der Waals surface area contributed by atoms with Crippen molar-refractivity contribution in [3.05, 3.63) is 46.8 Å². The van der Waals surface area contributed by atoms with Gasteiger partial charge in [0, 0.05) is 37.5 Å². The van der Waals surface area contributed by atoms with E-state index in [9.17, 15) is 9.59 Å². The van der Waals surface area contributed by atoms with Crippen LogP contribution in [0.15, 0.2) is 24.3 Å². The van der Waals surface area contributed by atoms with E-state index in [0.717, 1.165) is 22.6 Å². The van der Waals surface area contributed by atoms with Crippen LogP contribution in [0.1, 0.15) is 40.2 Å². The number of hydrogen-bond donors (Lipinski definition) is 2. The van der Waals surface area contributed by atoms with E-state index in [4.69, 9.17) is 5.26 Å².